The van der Waals surface area contributed by atoms with Crippen LogP contribution >= 0.6 is 0 Å². The van der Waals surface area contributed by atoms with E-state index in [4.69, 9.17) is 0 Å². The van der Waals surface area contributed by atoms with E-state index in [1.54, 1.807) is 4.90 Å². The Morgan fingerprint density at radius 3 is 2.62 bits per heavy atom. The summed E-state index contributed by atoms with van der Waals surface area (Å²) in [5.74, 6) is -0.108. The van der Waals surface area contributed by atoms with E-state index in [1.807, 2.05) is 6.92 Å². The van der Waals surface area contributed by atoms with Gasteiger partial charge in [0.2, 0.25) is 10.0 Å². The first-order valence-corrected chi connectivity index (χ1v) is 8.97. The maximum absolute atomic E-state index is 12.6. The van der Waals surface area contributed by atoms with Crippen LogP contribution in [0, 0.1) is 0 Å². The van der Waals surface area contributed by atoms with Gasteiger partial charge in [-0.25, -0.2) is 8.42 Å². The lowest BCUT2D eigenvalue weighted by molar-refractivity contribution is 0.0787. The third kappa shape index (κ3) is 2.72. The molecule has 1 saturated carbocycles. The second kappa shape index (κ2) is 5.46. The highest BCUT2D eigenvalue weighted by atomic mass is 32.2. The summed E-state index contributed by atoms with van der Waals surface area (Å²) >= 11 is 0. The number of carbonyl (C=O) groups is 1. The molecule has 1 saturated heterocycles. The normalized spacial score (nSPS) is 19.4. The van der Waals surface area contributed by atoms with Crippen molar-refractivity contribution in [2.75, 3.05) is 19.6 Å². The van der Waals surface area contributed by atoms with Gasteiger partial charge in [-0.3, -0.25) is 4.79 Å². The lowest BCUT2D eigenvalue weighted by atomic mass is 10.4. The molecule has 6 nitrogen and oxygen atoms in total. The minimum Gasteiger partial charge on any atom is -0.356 e. The van der Waals surface area contributed by atoms with Gasteiger partial charge in [-0.15, -0.1) is 0 Å². The molecule has 0 unspecified atom stereocenters. The maximum Gasteiger partial charge on any atom is 0.270 e. The zero-order valence-corrected chi connectivity index (χ0v) is 13.0. The second-order valence-corrected chi connectivity index (χ2v) is 7.58. The van der Waals surface area contributed by atoms with Crippen molar-refractivity contribution in [2.24, 2.45) is 0 Å². The van der Waals surface area contributed by atoms with Crippen LogP contribution in [0.3, 0.4) is 0 Å². The van der Waals surface area contributed by atoms with Gasteiger partial charge in [0.25, 0.3) is 5.91 Å². The largest absolute Gasteiger partial charge is 0.356 e. The van der Waals surface area contributed by atoms with Crippen LogP contribution in [-0.4, -0.2) is 54.2 Å². The number of amides is 1. The van der Waals surface area contributed by atoms with E-state index in [-0.39, 0.29) is 16.8 Å². The minimum atomic E-state index is -3.49. The number of nitrogens with one attached hydrogen (secondary N) is 1. The van der Waals surface area contributed by atoms with Crippen molar-refractivity contribution in [2.45, 2.75) is 43.5 Å². The molecule has 116 valence electrons. The summed E-state index contributed by atoms with van der Waals surface area (Å²) in [5.41, 5.74) is 0.363. The molecule has 21 heavy (non-hydrogen) atoms. The third-order valence-electron chi connectivity index (χ3n) is 4.15. The van der Waals surface area contributed by atoms with Crippen LogP contribution in [0.15, 0.2) is 17.2 Å². The predicted molar refractivity (Wildman–Crippen MR) is 78.5 cm³/mol. The Kier molecular flexibility index (Phi) is 3.79. The van der Waals surface area contributed by atoms with Gasteiger partial charge in [-0.2, -0.15) is 4.31 Å². The molecule has 1 aliphatic heterocycles. The molecule has 2 heterocycles. The molecule has 1 N–H and O–H groups in total. The van der Waals surface area contributed by atoms with Crippen LogP contribution in [0.1, 0.15) is 43.1 Å². The predicted octanol–water partition coefficient (Wildman–Crippen LogP) is 1.42. The lowest BCUT2D eigenvalue weighted by Crippen LogP contribution is -2.32. The average Bonchev–Trinajstić information content (AvgIpc) is 3.00. The van der Waals surface area contributed by atoms with Gasteiger partial charge in [-0.1, -0.05) is 6.92 Å². The first kappa shape index (κ1) is 14.6. The van der Waals surface area contributed by atoms with Gasteiger partial charge >= 0.3 is 0 Å². The number of likely N-dealkylation sites (tertiary alicyclic amines) is 1. The lowest BCUT2D eigenvalue weighted by Gasteiger charge is -2.18. The van der Waals surface area contributed by atoms with Crippen LogP contribution in [0.5, 0.6) is 0 Å². The van der Waals surface area contributed by atoms with Crippen LogP contribution in [0.25, 0.3) is 0 Å². The van der Waals surface area contributed by atoms with E-state index in [2.05, 4.69) is 4.98 Å². The molecule has 0 spiro atoms. The topological polar surface area (TPSA) is 73.5 Å². The van der Waals surface area contributed by atoms with E-state index in [1.165, 1.54) is 16.6 Å². The van der Waals surface area contributed by atoms with Crippen molar-refractivity contribution in [1.29, 1.82) is 0 Å². The number of carbonyl (C=O) groups excluding carboxylic acids is 1. The Bertz CT molecular complexity index is 628. The Morgan fingerprint density at radius 1 is 1.38 bits per heavy atom. The molecule has 2 aliphatic rings. The summed E-state index contributed by atoms with van der Waals surface area (Å²) in [6.07, 6.45) is 5.32. The number of aromatic amines is 1. The van der Waals surface area contributed by atoms with E-state index in [9.17, 15) is 13.2 Å². The molecular weight excluding hydrogens is 290 g/mol. The Morgan fingerprint density at radius 2 is 2.05 bits per heavy atom. The highest BCUT2D eigenvalue weighted by Gasteiger charge is 2.37. The number of rotatable bonds is 5. The van der Waals surface area contributed by atoms with Crippen LogP contribution in [0.2, 0.25) is 0 Å². The molecule has 1 aliphatic carbocycles. The Labute approximate surface area is 125 Å². The molecule has 0 atom stereocenters. The standard InChI is InChI=1S/C14H21N3O3S/c1-2-17(11-5-6-11)21(19,20)12-9-13(15-10-12)14(18)16-7-3-4-8-16/h9-11,15H,2-8H2,1H3. The fourth-order valence-electron chi connectivity index (χ4n) is 2.86. The van der Waals surface area contributed by atoms with E-state index < -0.39 is 10.0 Å². The monoisotopic (exact) mass is 311 g/mol. The fraction of sp³-hybridized carbons (Fsp3) is 0.643. The first-order chi connectivity index (χ1) is 10.0. The van der Waals surface area contributed by atoms with Gasteiger partial charge < -0.3 is 9.88 Å². The number of hydrogen-bond acceptors (Lipinski definition) is 3. The van der Waals surface area contributed by atoms with Crippen molar-refractivity contribution in [1.82, 2.24) is 14.2 Å². The van der Waals surface area contributed by atoms with Crippen molar-refractivity contribution in [3.63, 3.8) is 0 Å². The summed E-state index contributed by atoms with van der Waals surface area (Å²) in [6.45, 7) is 3.82. The zero-order valence-electron chi connectivity index (χ0n) is 12.2. The molecule has 1 aromatic heterocycles. The summed E-state index contributed by atoms with van der Waals surface area (Å²) in [5, 5.41) is 0. The third-order valence-corrected chi connectivity index (χ3v) is 6.16. The Hall–Kier alpha value is -1.34. The van der Waals surface area contributed by atoms with E-state index >= 15 is 0 Å². The van der Waals surface area contributed by atoms with Gasteiger partial charge in [0, 0.05) is 31.9 Å². The van der Waals surface area contributed by atoms with Crippen LogP contribution in [-0.2, 0) is 10.0 Å². The molecule has 3 rings (SSSR count). The molecule has 0 radical (unpaired) electrons. The average molecular weight is 311 g/mol. The van der Waals surface area contributed by atoms with Gasteiger partial charge in [-0.05, 0) is 31.7 Å². The number of nitrogens with zero attached hydrogens (tertiary/aromatic N) is 2. The smallest absolute Gasteiger partial charge is 0.270 e. The SMILES string of the molecule is CCN(C1CC1)S(=O)(=O)c1c[nH]c(C(=O)N2CCCC2)c1. The van der Waals surface area contributed by atoms with E-state index in [0.29, 0.717) is 12.2 Å². The number of hydrogen-bond donors (Lipinski definition) is 1. The minimum absolute atomic E-state index is 0.108. The van der Waals surface area contributed by atoms with Gasteiger partial charge in [0.05, 0.1) is 0 Å². The van der Waals surface area contributed by atoms with Gasteiger partial charge in [0.15, 0.2) is 0 Å². The van der Waals surface area contributed by atoms with Crippen molar-refractivity contribution >= 4 is 15.9 Å². The van der Waals surface area contributed by atoms with Crippen molar-refractivity contribution in [3.8, 4) is 0 Å². The number of aromatic nitrogens is 1. The molecule has 0 aromatic carbocycles. The van der Waals surface area contributed by atoms with Gasteiger partial charge in [0.1, 0.15) is 10.6 Å². The van der Waals surface area contributed by atoms with Crippen LogP contribution < -0.4 is 0 Å². The molecule has 0 bridgehead atoms. The highest BCUT2D eigenvalue weighted by molar-refractivity contribution is 7.89. The van der Waals surface area contributed by atoms with Crippen molar-refractivity contribution < 1.29 is 13.2 Å². The van der Waals surface area contributed by atoms with Crippen molar-refractivity contribution in [3.05, 3.63) is 18.0 Å². The maximum atomic E-state index is 12.6. The first-order valence-electron chi connectivity index (χ1n) is 7.53. The summed E-state index contributed by atoms with van der Waals surface area (Å²) in [7, 11) is -3.49. The fourth-order valence-corrected chi connectivity index (χ4v) is 4.55. The zero-order chi connectivity index (χ0) is 15.0. The Balaban J connectivity index is 1.82. The second-order valence-electron chi connectivity index (χ2n) is 5.69. The molecule has 7 heteroatoms. The molecule has 1 amide bonds. The molecular formula is C14H21N3O3S. The number of H-pyrrole nitrogens is 1. The summed E-state index contributed by atoms with van der Waals surface area (Å²) in [6, 6.07) is 1.61. The molecule has 1 aromatic rings. The summed E-state index contributed by atoms with van der Waals surface area (Å²) < 4.78 is 26.7. The highest BCUT2D eigenvalue weighted by Crippen LogP contribution is 2.32. The quantitative estimate of drug-likeness (QED) is 0.894. The van der Waals surface area contributed by atoms with E-state index in [0.717, 1.165) is 38.8 Å². The number of sulfonamides is 1. The summed E-state index contributed by atoms with van der Waals surface area (Å²) in [4.78, 5) is 17.0. The molecule has 2 fully saturated rings. The van der Waals surface area contributed by atoms with Crippen LogP contribution in [0.4, 0.5) is 0 Å².